The zero-order valence-corrected chi connectivity index (χ0v) is 13.0. The lowest BCUT2D eigenvalue weighted by Gasteiger charge is -2.12. The van der Waals surface area contributed by atoms with Crippen LogP contribution in [0.4, 0.5) is 10.1 Å². The number of ether oxygens (including phenoxy) is 1. The van der Waals surface area contributed by atoms with Crippen molar-refractivity contribution in [3.63, 3.8) is 0 Å². The van der Waals surface area contributed by atoms with E-state index in [0.717, 1.165) is 6.54 Å². The molecule has 0 spiro atoms. The zero-order valence-electron chi connectivity index (χ0n) is 11.4. The molecule has 0 amide bonds. The Balaban J connectivity index is 2.45. The molecule has 0 atom stereocenters. The van der Waals surface area contributed by atoms with Crippen LogP contribution in [0.2, 0.25) is 0 Å². The molecule has 112 valence electrons. The lowest BCUT2D eigenvalue weighted by Crippen LogP contribution is -2.20. The Bertz CT molecular complexity index is 469. The first-order chi connectivity index (χ1) is 9.43. The van der Waals surface area contributed by atoms with Crippen molar-refractivity contribution in [2.24, 2.45) is 0 Å². The average Bonchev–Trinajstić information content (AvgIpc) is 2.37. The van der Waals surface area contributed by atoms with Gasteiger partial charge in [0.25, 0.3) is 0 Å². The van der Waals surface area contributed by atoms with Crippen LogP contribution in [0.5, 0.6) is 0 Å². The van der Waals surface area contributed by atoms with Gasteiger partial charge in [-0.25, -0.2) is 9.18 Å². The summed E-state index contributed by atoms with van der Waals surface area (Å²) in [5.74, 6) is -1.78. The molecule has 0 aliphatic heterocycles. The van der Waals surface area contributed by atoms with E-state index < -0.39 is 11.8 Å². The highest BCUT2D eigenvalue weighted by molar-refractivity contribution is 9.10. The van der Waals surface area contributed by atoms with Crippen molar-refractivity contribution in [2.45, 2.75) is 0 Å². The SMILES string of the molecule is CN(C)CCOCCNc1ccc(C(=O)O)c(Br)c1F. The molecule has 1 aromatic rings. The van der Waals surface area contributed by atoms with Gasteiger partial charge in [-0.15, -0.1) is 0 Å². The molecule has 0 saturated carbocycles. The summed E-state index contributed by atoms with van der Waals surface area (Å²) in [4.78, 5) is 12.8. The van der Waals surface area contributed by atoms with E-state index in [4.69, 9.17) is 9.84 Å². The lowest BCUT2D eigenvalue weighted by atomic mass is 10.2. The van der Waals surface area contributed by atoms with Crippen molar-refractivity contribution >= 4 is 27.6 Å². The molecule has 0 saturated heterocycles. The van der Waals surface area contributed by atoms with E-state index in [1.54, 1.807) is 0 Å². The van der Waals surface area contributed by atoms with Crippen LogP contribution in [0.1, 0.15) is 10.4 Å². The molecule has 7 heteroatoms. The first-order valence-electron chi connectivity index (χ1n) is 6.11. The number of halogens is 2. The number of carboxylic acid groups (broad SMARTS) is 1. The highest BCUT2D eigenvalue weighted by Crippen LogP contribution is 2.26. The number of benzene rings is 1. The summed E-state index contributed by atoms with van der Waals surface area (Å²) in [5, 5.41) is 11.7. The Morgan fingerprint density at radius 2 is 2.15 bits per heavy atom. The number of hydrogen-bond donors (Lipinski definition) is 2. The predicted molar refractivity (Wildman–Crippen MR) is 78.9 cm³/mol. The van der Waals surface area contributed by atoms with Gasteiger partial charge < -0.3 is 20.1 Å². The molecule has 0 unspecified atom stereocenters. The van der Waals surface area contributed by atoms with E-state index in [9.17, 15) is 9.18 Å². The highest BCUT2D eigenvalue weighted by Gasteiger charge is 2.15. The minimum absolute atomic E-state index is 0.0523. The van der Waals surface area contributed by atoms with Gasteiger partial charge in [-0.1, -0.05) is 0 Å². The van der Waals surface area contributed by atoms with Gasteiger partial charge in [-0.2, -0.15) is 0 Å². The van der Waals surface area contributed by atoms with E-state index in [1.807, 2.05) is 19.0 Å². The number of nitrogens with zero attached hydrogens (tertiary/aromatic N) is 1. The van der Waals surface area contributed by atoms with Crippen LogP contribution in [0.15, 0.2) is 16.6 Å². The predicted octanol–water partition coefficient (Wildman–Crippen LogP) is 2.28. The van der Waals surface area contributed by atoms with Crippen LogP contribution in [0.25, 0.3) is 0 Å². The summed E-state index contributed by atoms with van der Waals surface area (Å²) in [7, 11) is 3.91. The summed E-state index contributed by atoms with van der Waals surface area (Å²) < 4.78 is 19.2. The number of rotatable bonds is 8. The smallest absolute Gasteiger partial charge is 0.336 e. The van der Waals surface area contributed by atoms with E-state index >= 15 is 0 Å². The van der Waals surface area contributed by atoms with Gasteiger partial charge in [0, 0.05) is 13.1 Å². The third kappa shape index (κ3) is 5.07. The second-order valence-corrected chi connectivity index (χ2v) is 5.23. The van der Waals surface area contributed by atoms with Crippen LogP contribution in [0, 0.1) is 5.82 Å². The Morgan fingerprint density at radius 3 is 2.75 bits per heavy atom. The molecule has 1 rings (SSSR count). The third-order valence-electron chi connectivity index (χ3n) is 2.56. The first kappa shape index (κ1) is 16.9. The van der Waals surface area contributed by atoms with Crippen LogP contribution in [0.3, 0.4) is 0 Å². The van der Waals surface area contributed by atoms with Gasteiger partial charge in [0.1, 0.15) is 0 Å². The molecule has 0 heterocycles. The number of aromatic carboxylic acids is 1. The summed E-state index contributed by atoms with van der Waals surface area (Å²) in [6.07, 6.45) is 0. The minimum atomic E-state index is -1.17. The number of carbonyl (C=O) groups is 1. The lowest BCUT2D eigenvalue weighted by molar-refractivity contribution is 0.0695. The second kappa shape index (κ2) is 8.18. The van der Waals surface area contributed by atoms with Gasteiger partial charge in [0.2, 0.25) is 0 Å². The number of anilines is 1. The third-order valence-corrected chi connectivity index (χ3v) is 3.33. The van der Waals surface area contributed by atoms with Gasteiger partial charge >= 0.3 is 5.97 Å². The Labute approximate surface area is 125 Å². The summed E-state index contributed by atoms with van der Waals surface area (Å²) >= 11 is 2.95. The molecule has 0 aliphatic rings. The van der Waals surface area contributed by atoms with Gasteiger partial charge in [-0.05, 0) is 42.2 Å². The molecular formula is C13H18BrFN2O3. The maximum Gasteiger partial charge on any atom is 0.336 e. The number of likely N-dealkylation sites (N-methyl/N-ethyl adjacent to an activating group) is 1. The van der Waals surface area contributed by atoms with Crippen LogP contribution in [-0.4, -0.2) is 56.4 Å². The van der Waals surface area contributed by atoms with E-state index in [1.165, 1.54) is 12.1 Å². The molecule has 1 aromatic carbocycles. The number of carboxylic acids is 1. The number of hydrogen-bond acceptors (Lipinski definition) is 4. The van der Waals surface area contributed by atoms with Gasteiger partial charge in [-0.3, -0.25) is 0 Å². The standard InChI is InChI=1S/C13H18BrFN2O3/c1-17(2)6-8-20-7-5-16-10-4-3-9(13(18)19)11(14)12(10)15/h3-4,16H,5-8H2,1-2H3,(H,18,19). The molecular weight excluding hydrogens is 331 g/mol. The molecule has 20 heavy (non-hydrogen) atoms. The van der Waals surface area contributed by atoms with Crippen LogP contribution >= 0.6 is 15.9 Å². The van der Waals surface area contributed by atoms with Crippen LogP contribution < -0.4 is 5.32 Å². The molecule has 0 aliphatic carbocycles. The molecule has 0 radical (unpaired) electrons. The van der Waals surface area contributed by atoms with Crippen molar-refractivity contribution < 1.29 is 19.0 Å². The van der Waals surface area contributed by atoms with Crippen molar-refractivity contribution in [1.29, 1.82) is 0 Å². The van der Waals surface area contributed by atoms with Gasteiger partial charge in [0.15, 0.2) is 5.82 Å². The normalized spacial score (nSPS) is 10.8. The average molecular weight is 349 g/mol. The van der Waals surface area contributed by atoms with Crippen molar-refractivity contribution in [3.05, 3.63) is 28.0 Å². The largest absolute Gasteiger partial charge is 0.478 e. The fourth-order valence-corrected chi connectivity index (χ4v) is 1.97. The zero-order chi connectivity index (χ0) is 15.1. The monoisotopic (exact) mass is 348 g/mol. The van der Waals surface area contributed by atoms with Crippen molar-refractivity contribution in [2.75, 3.05) is 45.7 Å². The number of nitrogens with one attached hydrogen (secondary N) is 1. The highest BCUT2D eigenvalue weighted by atomic mass is 79.9. The fourth-order valence-electron chi connectivity index (χ4n) is 1.46. The van der Waals surface area contributed by atoms with Crippen molar-refractivity contribution in [1.82, 2.24) is 4.90 Å². The molecule has 5 nitrogen and oxygen atoms in total. The Kier molecular flexibility index (Phi) is 6.90. The first-order valence-corrected chi connectivity index (χ1v) is 6.90. The van der Waals surface area contributed by atoms with Crippen molar-refractivity contribution in [3.8, 4) is 0 Å². The maximum atomic E-state index is 13.9. The molecule has 0 fully saturated rings. The molecule has 2 N–H and O–H groups in total. The second-order valence-electron chi connectivity index (χ2n) is 4.44. The molecule has 0 aromatic heterocycles. The fraction of sp³-hybridized carbons (Fsp3) is 0.462. The van der Waals surface area contributed by atoms with E-state index in [-0.39, 0.29) is 15.7 Å². The Morgan fingerprint density at radius 1 is 1.45 bits per heavy atom. The minimum Gasteiger partial charge on any atom is -0.478 e. The quantitative estimate of drug-likeness (QED) is 0.705. The summed E-state index contributed by atoms with van der Waals surface area (Å²) in [5.41, 5.74) is 0.147. The topological polar surface area (TPSA) is 61.8 Å². The maximum absolute atomic E-state index is 13.9. The molecule has 0 bridgehead atoms. The van der Waals surface area contributed by atoms with E-state index in [2.05, 4.69) is 21.2 Å². The summed E-state index contributed by atoms with van der Waals surface area (Å²) in [6.45, 7) is 2.33. The Hall–Kier alpha value is -1.18. The van der Waals surface area contributed by atoms with Gasteiger partial charge in [0.05, 0.1) is 28.9 Å². The summed E-state index contributed by atoms with van der Waals surface area (Å²) in [6, 6.07) is 2.76. The van der Waals surface area contributed by atoms with Crippen LogP contribution in [-0.2, 0) is 4.74 Å². The van der Waals surface area contributed by atoms with E-state index in [0.29, 0.717) is 19.8 Å².